The molecule has 1 N–H and O–H groups in total. The lowest BCUT2D eigenvalue weighted by molar-refractivity contribution is 0.0663. The Morgan fingerprint density at radius 1 is 1.50 bits per heavy atom. The Balaban J connectivity index is 2.87. The average Bonchev–Trinajstić information content (AvgIpc) is 2.62. The lowest BCUT2D eigenvalue weighted by Crippen LogP contribution is -1.97. The third kappa shape index (κ3) is 1.38. The molecule has 0 saturated heterocycles. The zero-order valence-electron chi connectivity index (χ0n) is 9.00. The van der Waals surface area contributed by atoms with Crippen molar-refractivity contribution in [3.8, 4) is 0 Å². The summed E-state index contributed by atoms with van der Waals surface area (Å²) in [4.78, 5) is 10.9. The van der Waals surface area contributed by atoms with Crippen molar-refractivity contribution in [1.29, 1.82) is 0 Å². The van der Waals surface area contributed by atoms with Crippen LogP contribution in [-0.2, 0) is 6.42 Å². The van der Waals surface area contributed by atoms with Crippen molar-refractivity contribution in [2.75, 3.05) is 0 Å². The van der Waals surface area contributed by atoms with Crippen LogP contribution in [0.1, 0.15) is 28.6 Å². The Morgan fingerprint density at radius 3 is 2.75 bits per heavy atom. The number of carboxylic acid groups (broad SMARTS) is 1. The molecule has 1 aromatic heterocycles. The van der Waals surface area contributed by atoms with Gasteiger partial charge in [-0.1, -0.05) is 19.1 Å². The second kappa shape index (κ2) is 3.63. The molecule has 0 aliphatic rings. The molecular formula is C12H11FO3. The number of halogens is 1. The smallest absolute Gasteiger partial charge is 0.372 e. The van der Waals surface area contributed by atoms with E-state index in [0.717, 1.165) is 0 Å². The molecule has 0 atom stereocenters. The van der Waals surface area contributed by atoms with E-state index >= 15 is 0 Å². The number of furan rings is 1. The lowest BCUT2D eigenvalue weighted by atomic mass is 10.1. The van der Waals surface area contributed by atoms with Crippen LogP contribution >= 0.6 is 0 Å². The number of rotatable bonds is 2. The van der Waals surface area contributed by atoms with Crippen LogP contribution in [0.2, 0.25) is 0 Å². The molecule has 0 unspecified atom stereocenters. The van der Waals surface area contributed by atoms with Gasteiger partial charge in [0.05, 0.1) is 0 Å². The first-order chi connectivity index (χ1) is 7.56. The van der Waals surface area contributed by atoms with Gasteiger partial charge in [-0.15, -0.1) is 0 Å². The van der Waals surface area contributed by atoms with Gasteiger partial charge >= 0.3 is 5.97 Å². The van der Waals surface area contributed by atoms with Crippen LogP contribution in [0.3, 0.4) is 0 Å². The molecule has 16 heavy (non-hydrogen) atoms. The van der Waals surface area contributed by atoms with E-state index in [2.05, 4.69) is 0 Å². The van der Waals surface area contributed by atoms with Crippen LogP contribution in [0.15, 0.2) is 16.5 Å². The maximum atomic E-state index is 13.7. The number of aromatic carboxylic acids is 1. The zero-order valence-corrected chi connectivity index (χ0v) is 9.00. The minimum atomic E-state index is -1.16. The van der Waals surface area contributed by atoms with Gasteiger partial charge in [-0.2, -0.15) is 0 Å². The number of hydrogen-bond donors (Lipinski definition) is 1. The van der Waals surface area contributed by atoms with Crippen molar-refractivity contribution in [2.24, 2.45) is 0 Å². The third-order valence-corrected chi connectivity index (χ3v) is 2.64. The number of carboxylic acids is 1. The van der Waals surface area contributed by atoms with Crippen molar-refractivity contribution in [3.05, 3.63) is 34.8 Å². The highest BCUT2D eigenvalue weighted by molar-refractivity contribution is 5.95. The summed E-state index contributed by atoms with van der Waals surface area (Å²) in [5.74, 6) is -1.81. The second-order valence-corrected chi connectivity index (χ2v) is 3.64. The molecule has 2 rings (SSSR count). The van der Waals surface area contributed by atoms with Gasteiger partial charge in [0.1, 0.15) is 0 Å². The molecule has 1 aromatic carbocycles. The minimum Gasteiger partial charge on any atom is -0.475 e. The molecule has 0 aliphatic carbocycles. The molecular weight excluding hydrogens is 211 g/mol. The Hall–Kier alpha value is -1.84. The normalized spacial score (nSPS) is 10.9. The highest BCUT2D eigenvalue weighted by atomic mass is 19.1. The van der Waals surface area contributed by atoms with E-state index in [0.29, 0.717) is 22.9 Å². The lowest BCUT2D eigenvalue weighted by Gasteiger charge is -1.96. The number of benzene rings is 1. The number of aryl methyl sites for hydroxylation is 2. The largest absolute Gasteiger partial charge is 0.475 e. The maximum Gasteiger partial charge on any atom is 0.372 e. The van der Waals surface area contributed by atoms with Crippen molar-refractivity contribution < 1.29 is 18.7 Å². The standard InChI is InChI=1S/C12H11FO3/c1-3-7-8-5-4-6(2)9(13)10(8)16-11(7)12(14)15/h4-5H,3H2,1-2H3,(H,14,15). The van der Waals surface area contributed by atoms with Crippen molar-refractivity contribution >= 4 is 16.9 Å². The first-order valence-electron chi connectivity index (χ1n) is 5.00. The molecule has 0 bridgehead atoms. The summed E-state index contributed by atoms with van der Waals surface area (Å²) in [6, 6.07) is 3.32. The summed E-state index contributed by atoms with van der Waals surface area (Å²) in [7, 11) is 0. The molecule has 3 nitrogen and oxygen atoms in total. The van der Waals surface area contributed by atoms with E-state index in [4.69, 9.17) is 9.52 Å². The van der Waals surface area contributed by atoms with Gasteiger partial charge in [-0.25, -0.2) is 9.18 Å². The fourth-order valence-electron chi connectivity index (χ4n) is 1.80. The number of fused-ring (bicyclic) bond motifs is 1. The number of carbonyl (C=O) groups is 1. The molecule has 0 fully saturated rings. The predicted octanol–water partition coefficient (Wildman–Crippen LogP) is 3.14. The van der Waals surface area contributed by atoms with Crippen molar-refractivity contribution in [1.82, 2.24) is 0 Å². The van der Waals surface area contributed by atoms with Crippen molar-refractivity contribution in [3.63, 3.8) is 0 Å². The SMILES string of the molecule is CCc1c(C(=O)O)oc2c(F)c(C)ccc12. The molecule has 0 aliphatic heterocycles. The molecule has 0 radical (unpaired) electrons. The topological polar surface area (TPSA) is 50.4 Å². The Bertz CT molecular complexity index is 569. The molecule has 4 heteroatoms. The minimum absolute atomic E-state index is 0.0363. The molecule has 0 spiro atoms. The zero-order chi connectivity index (χ0) is 11.9. The summed E-state index contributed by atoms with van der Waals surface area (Å²) in [6.45, 7) is 3.43. The van der Waals surface area contributed by atoms with Crippen LogP contribution in [-0.4, -0.2) is 11.1 Å². The third-order valence-electron chi connectivity index (χ3n) is 2.64. The second-order valence-electron chi connectivity index (χ2n) is 3.64. The Morgan fingerprint density at radius 2 is 2.19 bits per heavy atom. The molecule has 1 heterocycles. The molecule has 84 valence electrons. The van der Waals surface area contributed by atoms with Crippen LogP contribution in [0, 0.1) is 12.7 Å². The highest BCUT2D eigenvalue weighted by Crippen LogP contribution is 2.29. The van der Waals surface area contributed by atoms with Gasteiger partial charge in [-0.05, 0) is 18.9 Å². The highest BCUT2D eigenvalue weighted by Gasteiger charge is 2.21. The predicted molar refractivity (Wildman–Crippen MR) is 57.2 cm³/mol. The molecule has 2 aromatic rings. The van der Waals surface area contributed by atoms with Crippen LogP contribution in [0.4, 0.5) is 4.39 Å². The summed E-state index contributed by atoms with van der Waals surface area (Å²) in [5, 5.41) is 9.49. The summed E-state index contributed by atoms with van der Waals surface area (Å²) in [6.07, 6.45) is 0.497. The van der Waals surface area contributed by atoms with E-state index in [1.165, 1.54) is 0 Å². The fourth-order valence-corrected chi connectivity index (χ4v) is 1.80. The summed E-state index contributed by atoms with van der Waals surface area (Å²) < 4.78 is 18.8. The van der Waals surface area contributed by atoms with E-state index in [-0.39, 0.29) is 11.3 Å². The van der Waals surface area contributed by atoms with Gasteiger partial charge in [0.25, 0.3) is 0 Å². The molecule has 0 amide bonds. The Labute approximate surface area is 91.5 Å². The van der Waals surface area contributed by atoms with E-state index in [1.54, 1.807) is 19.1 Å². The first kappa shape index (κ1) is 10.7. The molecule has 0 saturated carbocycles. The van der Waals surface area contributed by atoms with Gasteiger partial charge in [0, 0.05) is 10.9 Å². The van der Waals surface area contributed by atoms with Gasteiger partial charge in [0.2, 0.25) is 5.76 Å². The quantitative estimate of drug-likeness (QED) is 0.849. The van der Waals surface area contributed by atoms with Crippen molar-refractivity contribution in [2.45, 2.75) is 20.3 Å². The van der Waals surface area contributed by atoms with E-state index in [9.17, 15) is 9.18 Å². The van der Waals surface area contributed by atoms with Gasteiger partial charge < -0.3 is 9.52 Å². The summed E-state index contributed by atoms with van der Waals surface area (Å²) >= 11 is 0. The van der Waals surface area contributed by atoms with E-state index < -0.39 is 11.8 Å². The van der Waals surface area contributed by atoms with Gasteiger partial charge in [0.15, 0.2) is 11.4 Å². The average molecular weight is 222 g/mol. The maximum absolute atomic E-state index is 13.7. The van der Waals surface area contributed by atoms with Crippen LogP contribution < -0.4 is 0 Å². The fraction of sp³-hybridized carbons (Fsp3) is 0.250. The van der Waals surface area contributed by atoms with Gasteiger partial charge in [-0.3, -0.25) is 0 Å². The monoisotopic (exact) mass is 222 g/mol. The summed E-state index contributed by atoms with van der Waals surface area (Å²) in [5.41, 5.74) is 1.02. The first-order valence-corrected chi connectivity index (χ1v) is 5.00. The van der Waals surface area contributed by atoms with E-state index in [1.807, 2.05) is 6.92 Å². The Kier molecular flexibility index (Phi) is 2.42. The van der Waals surface area contributed by atoms with Crippen LogP contribution in [0.25, 0.3) is 11.0 Å². The van der Waals surface area contributed by atoms with Crippen LogP contribution in [0.5, 0.6) is 0 Å². The number of hydrogen-bond acceptors (Lipinski definition) is 2.